The van der Waals surface area contributed by atoms with Gasteiger partial charge in [-0.2, -0.15) is 0 Å². The number of nitrogens with one attached hydrogen (secondary N) is 1. The number of carbonyl (C=O) groups excluding carboxylic acids is 2. The molecule has 2 rings (SSSR count). The van der Waals surface area contributed by atoms with E-state index in [1.807, 2.05) is 30.3 Å². The van der Waals surface area contributed by atoms with Crippen LogP contribution in [-0.2, 0) is 13.6 Å². The molecule has 1 heterocycles. The van der Waals surface area contributed by atoms with E-state index in [0.29, 0.717) is 12.1 Å². The summed E-state index contributed by atoms with van der Waals surface area (Å²) < 4.78 is 14.1. The lowest BCUT2D eigenvalue weighted by Gasteiger charge is -2.44. The van der Waals surface area contributed by atoms with Crippen LogP contribution in [0.1, 0.15) is 92.9 Å². The predicted molar refractivity (Wildman–Crippen MR) is 172 cm³/mol. The highest BCUT2D eigenvalue weighted by Crippen LogP contribution is 2.43. The lowest BCUT2D eigenvalue weighted by molar-refractivity contribution is -0.129. The molecule has 0 aromatic heterocycles. The Bertz CT molecular complexity index is 1030. The Kier molecular flexibility index (Phi) is 10.1. The van der Waals surface area contributed by atoms with E-state index in [9.17, 15) is 9.59 Å². The van der Waals surface area contributed by atoms with Gasteiger partial charge in [0.2, 0.25) is 5.91 Å². The molecule has 1 N–H and O–H groups in total. The molecule has 0 saturated carbocycles. The van der Waals surface area contributed by atoms with Gasteiger partial charge < -0.3 is 19.1 Å². The summed E-state index contributed by atoms with van der Waals surface area (Å²) in [6, 6.07) is 8.44. The first-order valence-electron chi connectivity index (χ1n) is 14.8. The van der Waals surface area contributed by atoms with E-state index in [-0.39, 0.29) is 27.3 Å². The summed E-state index contributed by atoms with van der Waals surface area (Å²) in [5, 5.41) is 3.22. The van der Waals surface area contributed by atoms with Gasteiger partial charge in [0, 0.05) is 17.6 Å². The van der Waals surface area contributed by atoms with Gasteiger partial charge in [-0.25, -0.2) is 0 Å². The standard InChI is InChI=1S/C32H58N2O4Si2/c1-29(2,3)22-32(10,11)33-27(35)25-26(38-40(14,15)31(7,8)9)24(37-39(12,13)30(4,5)6)21-34(25)28(36)23-19-17-16-18-20-23/h16-20,24-26H,21-22H2,1-15H3,(H,33,35)/t24-,25?,26+/m0/s1. The second-order valence-electron chi connectivity index (χ2n) is 16.6. The van der Waals surface area contributed by atoms with Gasteiger partial charge >= 0.3 is 0 Å². The zero-order valence-corrected chi connectivity index (χ0v) is 30.1. The van der Waals surface area contributed by atoms with Gasteiger partial charge in [-0.3, -0.25) is 9.59 Å². The highest BCUT2D eigenvalue weighted by molar-refractivity contribution is 6.74. The van der Waals surface area contributed by atoms with Crippen LogP contribution >= 0.6 is 0 Å². The lowest BCUT2D eigenvalue weighted by Crippen LogP contribution is -2.59. The Balaban J connectivity index is 2.65. The first-order valence-corrected chi connectivity index (χ1v) is 20.6. The molecule has 0 spiro atoms. The normalized spacial score (nSPS) is 21.5. The number of nitrogens with zero attached hydrogens (tertiary/aromatic N) is 1. The average Bonchev–Trinajstić information content (AvgIpc) is 3.06. The van der Waals surface area contributed by atoms with Gasteiger partial charge in [-0.1, -0.05) is 80.5 Å². The Morgan fingerprint density at radius 3 is 1.75 bits per heavy atom. The van der Waals surface area contributed by atoms with E-state index in [1.165, 1.54) is 0 Å². The third kappa shape index (κ3) is 8.52. The highest BCUT2D eigenvalue weighted by Gasteiger charge is 2.55. The first-order chi connectivity index (χ1) is 17.8. The summed E-state index contributed by atoms with van der Waals surface area (Å²) in [6.07, 6.45) is -0.166. The van der Waals surface area contributed by atoms with Crippen LogP contribution in [0, 0.1) is 5.41 Å². The molecule has 2 amide bonds. The molecule has 1 aliphatic heterocycles. The summed E-state index contributed by atoms with van der Waals surface area (Å²) in [6.45, 7) is 33.0. The molecule has 1 unspecified atom stereocenters. The number of benzene rings is 1. The third-order valence-electron chi connectivity index (χ3n) is 8.86. The highest BCUT2D eigenvalue weighted by atomic mass is 28.4. The van der Waals surface area contributed by atoms with Crippen molar-refractivity contribution in [3.8, 4) is 0 Å². The summed E-state index contributed by atoms with van der Waals surface area (Å²) in [7, 11) is -4.60. The van der Waals surface area contributed by atoms with Crippen LogP contribution in [0.5, 0.6) is 0 Å². The van der Waals surface area contributed by atoms with E-state index in [1.54, 1.807) is 4.90 Å². The minimum absolute atomic E-state index is 0.0248. The van der Waals surface area contributed by atoms with Crippen molar-refractivity contribution >= 4 is 28.4 Å². The summed E-state index contributed by atoms with van der Waals surface area (Å²) in [5.74, 6) is -0.344. The fourth-order valence-electron chi connectivity index (χ4n) is 5.13. The smallest absolute Gasteiger partial charge is 0.254 e. The number of rotatable bonds is 8. The van der Waals surface area contributed by atoms with Crippen LogP contribution in [0.4, 0.5) is 0 Å². The van der Waals surface area contributed by atoms with Gasteiger partial charge in [0.15, 0.2) is 16.6 Å². The molecule has 6 nitrogen and oxygen atoms in total. The van der Waals surface area contributed by atoms with E-state index in [2.05, 4.69) is 108 Å². The molecular formula is C32H58N2O4Si2. The van der Waals surface area contributed by atoms with Crippen LogP contribution in [0.3, 0.4) is 0 Å². The molecule has 3 atom stereocenters. The second-order valence-corrected chi connectivity index (χ2v) is 26.2. The fraction of sp³-hybridized carbons (Fsp3) is 0.750. The predicted octanol–water partition coefficient (Wildman–Crippen LogP) is 7.62. The fourth-order valence-corrected chi connectivity index (χ4v) is 7.77. The van der Waals surface area contributed by atoms with Gasteiger partial charge in [-0.05, 0) is 74.1 Å². The molecule has 0 aliphatic carbocycles. The minimum atomic E-state index is -2.34. The van der Waals surface area contributed by atoms with Crippen molar-refractivity contribution in [2.24, 2.45) is 5.41 Å². The maximum Gasteiger partial charge on any atom is 0.254 e. The number of amides is 2. The van der Waals surface area contributed by atoms with Crippen LogP contribution in [0.25, 0.3) is 0 Å². The number of hydrogen-bond acceptors (Lipinski definition) is 4. The second kappa shape index (κ2) is 11.7. The minimum Gasteiger partial charge on any atom is -0.409 e. The Morgan fingerprint density at radius 1 is 0.825 bits per heavy atom. The summed E-state index contributed by atoms with van der Waals surface area (Å²) >= 11 is 0. The number of hydrogen-bond donors (Lipinski definition) is 1. The summed E-state index contributed by atoms with van der Waals surface area (Å²) in [5.41, 5.74) is 0.126. The molecule has 0 radical (unpaired) electrons. The van der Waals surface area contributed by atoms with E-state index in [0.717, 1.165) is 6.42 Å². The molecule has 40 heavy (non-hydrogen) atoms. The van der Waals surface area contributed by atoms with E-state index >= 15 is 0 Å². The van der Waals surface area contributed by atoms with Gasteiger partial charge in [-0.15, -0.1) is 0 Å². The zero-order valence-electron chi connectivity index (χ0n) is 28.1. The van der Waals surface area contributed by atoms with Crippen molar-refractivity contribution in [3.63, 3.8) is 0 Å². The first kappa shape index (κ1) is 34.7. The Morgan fingerprint density at radius 2 is 1.30 bits per heavy atom. The topological polar surface area (TPSA) is 67.9 Å². The van der Waals surface area contributed by atoms with Gasteiger partial charge in [0.1, 0.15) is 12.1 Å². The molecule has 228 valence electrons. The van der Waals surface area contributed by atoms with Crippen molar-refractivity contribution in [3.05, 3.63) is 35.9 Å². The number of likely N-dealkylation sites (tertiary alicyclic amines) is 1. The van der Waals surface area contributed by atoms with Crippen LogP contribution in [-0.4, -0.2) is 63.7 Å². The average molecular weight is 591 g/mol. The number of carbonyl (C=O) groups is 2. The van der Waals surface area contributed by atoms with Crippen molar-refractivity contribution in [1.82, 2.24) is 10.2 Å². The third-order valence-corrected chi connectivity index (χ3v) is 17.8. The molecule has 1 aromatic rings. The van der Waals surface area contributed by atoms with E-state index < -0.39 is 40.4 Å². The molecule has 1 saturated heterocycles. The van der Waals surface area contributed by atoms with Crippen molar-refractivity contribution in [2.45, 2.75) is 143 Å². The Hall–Kier alpha value is -1.49. The quantitative estimate of drug-likeness (QED) is 0.316. The maximum absolute atomic E-state index is 14.3. The van der Waals surface area contributed by atoms with Gasteiger partial charge in [0.05, 0.1) is 6.10 Å². The van der Waals surface area contributed by atoms with E-state index in [4.69, 9.17) is 8.85 Å². The molecular weight excluding hydrogens is 533 g/mol. The Labute approximate surface area is 247 Å². The molecule has 0 bridgehead atoms. The van der Waals surface area contributed by atoms with Crippen molar-refractivity contribution in [2.75, 3.05) is 6.54 Å². The van der Waals surface area contributed by atoms with Crippen molar-refractivity contribution < 1.29 is 18.4 Å². The van der Waals surface area contributed by atoms with Crippen LogP contribution < -0.4 is 5.32 Å². The van der Waals surface area contributed by atoms with Crippen molar-refractivity contribution in [1.29, 1.82) is 0 Å². The largest absolute Gasteiger partial charge is 0.409 e. The lowest BCUT2D eigenvalue weighted by atomic mass is 9.81. The van der Waals surface area contributed by atoms with Crippen LogP contribution in [0.2, 0.25) is 36.3 Å². The van der Waals surface area contributed by atoms with Gasteiger partial charge in [0.25, 0.3) is 5.91 Å². The SMILES string of the molecule is CC(C)(C)CC(C)(C)NC(=O)C1[C@H](O[Si](C)(C)C(C)(C)C)[C@@H](O[Si](C)(C)C(C)(C)C)CN1C(=O)c1ccccc1. The molecule has 1 aromatic carbocycles. The molecule has 1 aliphatic rings. The van der Waals surface area contributed by atoms with Crippen LogP contribution in [0.15, 0.2) is 30.3 Å². The molecule has 8 heteroatoms. The zero-order chi connectivity index (χ0) is 31.1. The summed E-state index contributed by atoms with van der Waals surface area (Å²) in [4.78, 5) is 30.1. The molecule has 1 fully saturated rings. The maximum atomic E-state index is 14.3. The monoisotopic (exact) mass is 590 g/mol.